The van der Waals surface area contributed by atoms with Crippen molar-refractivity contribution in [3.8, 4) is 5.75 Å². The van der Waals surface area contributed by atoms with E-state index < -0.39 is 36.1 Å². The normalized spacial score (nSPS) is 16.1. The Bertz CT molecular complexity index is 753. The van der Waals surface area contributed by atoms with Crippen LogP contribution >= 0.6 is 0 Å². The van der Waals surface area contributed by atoms with Crippen LogP contribution in [0.25, 0.3) is 0 Å². The van der Waals surface area contributed by atoms with E-state index in [0.717, 1.165) is 25.9 Å². The summed E-state index contributed by atoms with van der Waals surface area (Å²) in [6.45, 7) is 0.0314. The Kier molecular flexibility index (Phi) is 8.53. The summed E-state index contributed by atoms with van der Waals surface area (Å²) in [7, 11) is 0. The Labute approximate surface area is 171 Å². The maximum Gasteiger partial charge on any atom is 0.394 e. The van der Waals surface area contributed by atoms with E-state index in [9.17, 15) is 24.3 Å². The largest absolute Gasteiger partial charge is 0.480 e. The van der Waals surface area contributed by atoms with Gasteiger partial charge in [0.05, 0.1) is 6.10 Å². The van der Waals surface area contributed by atoms with Crippen molar-refractivity contribution < 1.29 is 43.6 Å². The fourth-order valence-corrected chi connectivity index (χ4v) is 2.56. The predicted octanol–water partition coefficient (Wildman–Crippen LogP) is -1.14. The van der Waals surface area contributed by atoms with Crippen molar-refractivity contribution >= 4 is 23.8 Å². The molecule has 0 aromatic heterocycles. The highest BCUT2D eigenvalue weighted by Crippen LogP contribution is 2.21. The van der Waals surface area contributed by atoms with E-state index in [-0.39, 0.29) is 18.5 Å². The highest BCUT2D eigenvalue weighted by Gasteiger charge is 2.52. The summed E-state index contributed by atoms with van der Waals surface area (Å²) in [5.74, 6) is -8.73. The van der Waals surface area contributed by atoms with Crippen LogP contribution in [0.15, 0.2) is 30.3 Å². The van der Waals surface area contributed by atoms with Gasteiger partial charge in [-0.1, -0.05) is 18.2 Å². The van der Waals surface area contributed by atoms with Crippen LogP contribution < -0.4 is 20.9 Å². The van der Waals surface area contributed by atoms with Crippen molar-refractivity contribution in [1.82, 2.24) is 16.2 Å². The molecule has 0 saturated carbocycles. The molecule has 0 aliphatic carbocycles. The quantitative estimate of drug-likeness (QED) is 0.175. The molecule has 1 atom stereocenters. The fraction of sp³-hybridized carbons (Fsp3) is 0.444. The second-order valence-corrected chi connectivity index (χ2v) is 6.28. The summed E-state index contributed by atoms with van der Waals surface area (Å²) in [6, 6.07) is 7.34. The number of aliphatic carboxylic acids is 2. The number of hydrogen-bond donors (Lipinski definition) is 5. The number of carbonyl (C=O) groups is 4. The van der Waals surface area contributed by atoms with Crippen molar-refractivity contribution in [3.05, 3.63) is 30.3 Å². The molecule has 0 spiro atoms. The molecule has 1 aromatic rings. The Balaban J connectivity index is 2.02. The van der Waals surface area contributed by atoms with Gasteiger partial charge < -0.3 is 29.7 Å². The molecule has 2 rings (SSSR count). The summed E-state index contributed by atoms with van der Waals surface area (Å²) in [5, 5.41) is 21.5. The third-order valence-electron chi connectivity index (χ3n) is 4.04. The van der Waals surface area contributed by atoms with Crippen LogP contribution in [0.1, 0.15) is 12.8 Å². The molecule has 0 radical (unpaired) electrons. The molecule has 12 nitrogen and oxygen atoms in total. The molecule has 1 aromatic carbocycles. The first kappa shape index (κ1) is 23.1. The lowest BCUT2D eigenvalue weighted by molar-refractivity contribution is -0.214. The number of nitrogens with one attached hydrogen (secondary N) is 3. The lowest BCUT2D eigenvalue weighted by atomic mass is 10.1. The monoisotopic (exact) mass is 425 g/mol. The minimum absolute atomic E-state index is 0.0685. The third-order valence-corrected chi connectivity index (χ3v) is 4.04. The predicted molar refractivity (Wildman–Crippen MR) is 99.2 cm³/mol. The van der Waals surface area contributed by atoms with E-state index in [0.29, 0.717) is 0 Å². The molecule has 30 heavy (non-hydrogen) atoms. The average molecular weight is 425 g/mol. The van der Waals surface area contributed by atoms with Gasteiger partial charge in [0, 0.05) is 0 Å². The highest BCUT2D eigenvalue weighted by atomic mass is 16.7. The molecule has 0 bridgehead atoms. The molecule has 1 heterocycles. The first-order valence-electron chi connectivity index (χ1n) is 9.08. The highest BCUT2D eigenvalue weighted by molar-refractivity contribution is 6.04. The number of benzene rings is 1. The van der Waals surface area contributed by atoms with Crippen molar-refractivity contribution in [1.29, 1.82) is 0 Å². The summed E-state index contributed by atoms with van der Waals surface area (Å²) in [5.41, 5.74) is 3.89. The van der Waals surface area contributed by atoms with Crippen molar-refractivity contribution in [2.45, 2.75) is 24.7 Å². The number of hydrazine groups is 1. The van der Waals surface area contributed by atoms with Gasteiger partial charge >= 0.3 is 23.6 Å². The van der Waals surface area contributed by atoms with Crippen molar-refractivity contribution in [2.75, 3.05) is 26.3 Å². The summed E-state index contributed by atoms with van der Waals surface area (Å²) >= 11 is 0. The maximum atomic E-state index is 12.5. The number of ether oxygens (including phenoxy) is 3. The van der Waals surface area contributed by atoms with E-state index in [1.165, 1.54) is 24.3 Å². The molecule has 1 fully saturated rings. The van der Waals surface area contributed by atoms with E-state index in [1.54, 1.807) is 6.07 Å². The fourth-order valence-electron chi connectivity index (χ4n) is 2.56. The number of hydrogen-bond acceptors (Lipinski definition) is 8. The zero-order valence-electron chi connectivity index (χ0n) is 16.0. The zero-order valence-corrected chi connectivity index (χ0v) is 16.0. The molecule has 2 amide bonds. The Morgan fingerprint density at radius 2 is 1.70 bits per heavy atom. The average Bonchev–Trinajstić information content (AvgIpc) is 2.74. The lowest BCUT2D eigenvalue weighted by Gasteiger charge is -2.28. The molecular weight excluding hydrogens is 402 g/mol. The first-order chi connectivity index (χ1) is 14.3. The van der Waals surface area contributed by atoms with Crippen LogP contribution in [0.3, 0.4) is 0 Å². The maximum absolute atomic E-state index is 12.5. The SMILES string of the molecule is O=C(O)COC(Oc1ccccc1)(C(=O)O)C(=O)NNC(=O)COC1CCNCC1. The van der Waals surface area contributed by atoms with Gasteiger partial charge in [0.15, 0.2) is 0 Å². The smallest absolute Gasteiger partial charge is 0.394 e. The zero-order chi connectivity index (χ0) is 22.0. The van der Waals surface area contributed by atoms with E-state index >= 15 is 0 Å². The molecule has 164 valence electrons. The van der Waals surface area contributed by atoms with E-state index in [2.05, 4.69) is 5.32 Å². The number of carboxylic acids is 2. The summed E-state index contributed by atoms with van der Waals surface area (Å²) < 4.78 is 15.4. The van der Waals surface area contributed by atoms with Gasteiger partial charge in [-0.25, -0.2) is 9.59 Å². The van der Waals surface area contributed by atoms with Gasteiger partial charge in [-0.05, 0) is 38.1 Å². The number of piperidine rings is 1. The summed E-state index contributed by atoms with van der Waals surface area (Å²) in [6.07, 6.45) is 1.36. The Morgan fingerprint density at radius 3 is 2.30 bits per heavy atom. The number of para-hydroxylation sites is 1. The molecule has 12 heteroatoms. The first-order valence-corrected chi connectivity index (χ1v) is 9.08. The van der Waals surface area contributed by atoms with Gasteiger partial charge in [0.2, 0.25) is 0 Å². The van der Waals surface area contributed by atoms with Crippen LogP contribution in [-0.4, -0.2) is 72.2 Å². The topological polar surface area (TPSA) is 173 Å². The van der Waals surface area contributed by atoms with Crippen LogP contribution in [-0.2, 0) is 28.7 Å². The van der Waals surface area contributed by atoms with Gasteiger partial charge in [-0.2, -0.15) is 0 Å². The van der Waals surface area contributed by atoms with Crippen LogP contribution in [0.4, 0.5) is 0 Å². The van der Waals surface area contributed by atoms with Gasteiger partial charge in [-0.15, -0.1) is 0 Å². The molecular formula is C18H23N3O9. The minimum atomic E-state index is -3.05. The summed E-state index contributed by atoms with van der Waals surface area (Å²) in [4.78, 5) is 47.1. The molecule has 1 saturated heterocycles. The number of carboxylic acid groups (broad SMARTS) is 2. The molecule has 1 unspecified atom stereocenters. The number of rotatable bonds is 10. The Morgan fingerprint density at radius 1 is 1.03 bits per heavy atom. The second kappa shape index (κ2) is 11.1. The lowest BCUT2D eigenvalue weighted by Crippen LogP contribution is -2.62. The molecule has 5 N–H and O–H groups in total. The van der Waals surface area contributed by atoms with Gasteiger partial charge in [-0.3, -0.25) is 20.4 Å². The van der Waals surface area contributed by atoms with E-state index in [4.69, 9.17) is 19.3 Å². The van der Waals surface area contributed by atoms with E-state index in [1.807, 2.05) is 10.9 Å². The second-order valence-electron chi connectivity index (χ2n) is 6.28. The Hall–Kier alpha value is -3.22. The van der Waals surface area contributed by atoms with Crippen LogP contribution in [0.5, 0.6) is 5.75 Å². The molecule has 1 aliphatic heterocycles. The minimum Gasteiger partial charge on any atom is -0.480 e. The van der Waals surface area contributed by atoms with Gasteiger partial charge in [0.1, 0.15) is 19.0 Å². The number of amides is 2. The van der Waals surface area contributed by atoms with Crippen molar-refractivity contribution in [2.24, 2.45) is 0 Å². The molecule has 1 aliphatic rings. The third kappa shape index (κ3) is 6.69. The standard InChI is InChI=1S/C18H23N3O9/c22-14(10-28-12-6-8-19-9-7-12)20-21-16(25)18(17(26)27,29-11-15(23)24)30-13-4-2-1-3-5-13/h1-5,12,19H,6-11H2,(H,20,22)(H,21,25)(H,23,24)(H,26,27). The number of carbonyl (C=O) groups excluding carboxylic acids is 2. The van der Waals surface area contributed by atoms with Crippen LogP contribution in [0.2, 0.25) is 0 Å². The van der Waals surface area contributed by atoms with Crippen molar-refractivity contribution in [3.63, 3.8) is 0 Å². The van der Waals surface area contributed by atoms with Gasteiger partial charge in [0.25, 0.3) is 5.91 Å². The van der Waals surface area contributed by atoms with Crippen LogP contribution in [0, 0.1) is 0 Å².